The zero-order valence-electron chi connectivity index (χ0n) is 13.3. The molecule has 2 heterocycles. The molecule has 0 radical (unpaired) electrons. The molecule has 0 saturated carbocycles. The van der Waals surface area contributed by atoms with Gasteiger partial charge in [-0.05, 0) is 38.0 Å². The lowest BCUT2D eigenvalue weighted by atomic mass is 10.0. The Balaban J connectivity index is 1.78. The Bertz CT molecular complexity index is 974. The van der Waals surface area contributed by atoms with E-state index in [2.05, 4.69) is 10.3 Å². The lowest BCUT2D eigenvalue weighted by Crippen LogP contribution is -2.16. The van der Waals surface area contributed by atoms with Gasteiger partial charge in [-0.2, -0.15) is 0 Å². The summed E-state index contributed by atoms with van der Waals surface area (Å²) < 4.78 is 5.25. The van der Waals surface area contributed by atoms with Crippen LogP contribution in [-0.2, 0) is 11.2 Å². The molecule has 1 aromatic carbocycles. The number of fused-ring (bicyclic) bond motifs is 1. The maximum absolute atomic E-state index is 12.1. The van der Waals surface area contributed by atoms with Gasteiger partial charge < -0.3 is 14.8 Å². The van der Waals surface area contributed by atoms with Crippen molar-refractivity contribution in [3.05, 3.63) is 50.8 Å². The lowest BCUT2D eigenvalue weighted by Gasteiger charge is -2.08. The first kappa shape index (κ1) is 16.2. The van der Waals surface area contributed by atoms with Crippen LogP contribution in [0.1, 0.15) is 22.4 Å². The Hall–Kier alpha value is -2.67. The summed E-state index contributed by atoms with van der Waals surface area (Å²) in [4.78, 5) is 29.3. The van der Waals surface area contributed by atoms with Crippen LogP contribution in [0.2, 0.25) is 0 Å². The van der Waals surface area contributed by atoms with E-state index in [0.717, 1.165) is 15.8 Å². The van der Waals surface area contributed by atoms with Crippen molar-refractivity contribution in [3.8, 4) is 5.75 Å². The van der Waals surface area contributed by atoms with Gasteiger partial charge >= 0.3 is 5.63 Å². The summed E-state index contributed by atoms with van der Waals surface area (Å²) in [7, 11) is 0. The van der Waals surface area contributed by atoms with E-state index in [0.29, 0.717) is 16.3 Å². The minimum absolute atomic E-state index is 0.0379. The second-order valence-electron chi connectivity index (χ2n) is 5.50. The number of rotatable bonds is 4. The first-order chi connectivity index (χ1) is 11.4. The van der Waals surface area contributed by atoms with Crippen LogP contribution < -0.4 is 10.9 Å². The molecule has 0 bridgehead atoms. The number of carbonyl (C=O) groups excluding carboxylic acids is 1. The highest BCUT2D eigenvalue weighted by molar-refractivity contribution is 7.15. The molecule has 3 aromatic rings. The second kappa shape index (κ2) is 6.45. The minimum Gasteiger partial charge on any atom is -0.508 e. The molecule has 0 saturated heterocycles. The number of amides is 1. The third kappa shape index (κ3) is 3.30. The highest BCUT2D eigenvalue weighted by atomic mass is 32.1. The lowest BCUT2D eigenvalue weighted by molar-refractivity contribution is -0.116. The van der Waals surface area contributed by atoms with E-state index < -0.39 is 5.63 Å². The van der Waals surface area contributed by atoms with Gasteiger partial charge in [-0.3, -0.25) is 4.79 Å². The molecule has 124 valence electrons. The number of nitrogens with zero attached hydrogens (tertiary/aromatic N) is 1. The third-order valence-corrected chi connectivity index (χ3v) is 4.57. The van der Waals surface area contributed by atoms with Crippen LogP contribution in [0.3, 0.4) is 0 Å². The number of aromatic nitrogens is 1. The molecule has 2 N–H and O–H groups in total. The minimum atomic E-state index is -0.483. The maximum Gasteiger partial charge on any atom is 0.339 e. The van der Waals surface area contributed by atoms with Crippen LogP contribution in [0, 0.1) is 13.8 Å². The molecular weight excluding hydrogens is 328 g/mol. The van der Waals surface area contributed by atoms with Gasteiger partial charge in [0, 0.05) is 34.5 Å². The van der Waals surface area contributed by atoms with Crippen LogP contribution in [0.25, 0.3) is 11.0 Å². The highest BCUT2D eigenvalue weighted by Crippen LogP contribution is 2.24. The Morgan fingerprint density at radius 3 is 2.88 bits per heavy atom. The fraction of sp³-hybridized carbons (Fsp3) is 0.235. The average Bonchev–Trinajstić information content (AvgIpc) is 2.91. The number of phenolic OH excluding ortho intramolecular Hbond substituents is 1. The van der Waals surface area contributed by atoms with Crippen LogP contribution in [-0.4, -0.2) is 16.0 Å². The van der Waals surface area contributed by atoms with E-state index in [1.165, 1.54) is 23.5 Å². The summed E-state index contributed by atoms with van der Waals surface area (Å²) in [6.45, 7) is 3.72. The van der Waals surface area contributed by atoms with E-state index in [-0.39, 0.29) is 24.5 Å². The summed E-state index contributed by atoms with van der Waals surface area (Å²) in [5.41, 5.74) is 1.09. The number of hydrogen-bond donors (Lipinski definition) is 2. The summed E-state index contributed by atoms with van der Waals surface area (Å²) >= 11 is 1.40. The quantitative estimate of drug-likeness (QED) is 0.709. The van der Waals surface area contributed by atoms with E-state index in [9.17, 15) is 14.7 Å². The average molecular weight is 344 g/mol. The fourth-order valence-electron chi connectivity index (χ4n) is 2.50. The van der Waals surface area contributed by atoms with Gasteiger partial charge in [-0.25, -0.2) is 9.78 Å². The Labute approximate surface area is 141 Å². The number of carbonyl (C=O) groups is 1. The largest absolute Gasteiger partial charge is 0.508 e. The number of aryl methyl sites for hydroxylation is 2. The van der Waals surface area contributed by atoms with Crippen molar-refractivity contribution in [1.82, 2.24) is 4.98 Å². The second-order valence-corrected chi connectivity index (χ2v) is 6.73. The van der Waals surface area contributed by atoms with Crippen LogP contribution in [0.4, 0.5) is 5.13 Å². The Kier molecular flexibility index (Phi) is 4.35. The topological polar surface area (TPSA) is 92.4 Å². The Morgan fingerprint density at radius 1 is 1.38 bits per heavy atom. The molecule has 6 nitrogen and oxygen atoms in total. The molecule has 0 unspecified atom stereocenters. The summed E-state index contributed by atoms with van der Waals surface area (Å²) in [5, 5.41) is 13.5. The maximum atomic E-state index is 12.1. The molecule has 3 rings (SSSR count). The third-order valence-electron chi connectivity index (χ3n) is 3.74. The van der Waals surface area contributed by atoms with Gasteiger partial charge in [0.05, 0.1) is 0 Å². The zero-order valence-corrected chi connectivity index (χ0v) is 14.1. The molecule has 24 heavy (non-hydrogen) atoms. The van der Waals surface area contributed by atoms with Crippen molar-refractivity contribution in [2.24, 2.45) is 0 Å². The number of aromatic hydroxyl groups is 1. The Morgan fingerprint density at radius 2 is 2.17 bits per heavy atom. The molecule has 0 aliphatic carbocycles. The van der Waals surface area contributed by atoms with Gasteiger partial charge in [0.2, 0.25) is 5.91 Å². The summed E-state index contributed by atoms with van der Waals surface area (Å²) in [5.74, 6) is -0.162. The van der Waals surface area contributed by atoms with Crippen molar-refractivity contribution in [1.29, 1.82) is 0 Å². The standard InChI is InChI=1S/C17H16N2O4S/c1-9-8-18-17(24-9)19-15(21)6-5-13-10(2)12-4-3-11(20)7-14(12)23-16(13)22/h3-4,7-8,20H,5-6H2,1-2H3,(H,18,19,21). The van der Waals surface area contributed by atoms with Crippen LogP contribution in [0.15, 0.2) is 33.6 Å². The molecule has 0 fully saturated rings. The SMILES string of the molecule is Cc1cnc(NC(=O)CCc2c(C)c3ccc(O)cc3oc2=O)s1. The normalized spacial score (nSPS) is 10.9. The van der Waals surface area contributed by atoms with Gasteiger partial charge in [0.25, 0.3) is 0 Å². The summed E-state index contributed by atoms with van der Waals surface area (Å²) in [6, 6.07) is 4.65. The van der Waals surface area contributed by atoms with Gasteiger partial charge in [0.15, 0.2) is 5.13 Å². The number of phenols is 1. The molecule has 0 aliphatic rings. The molecule has 0 spiro atoms. The van der Waals surface area contributed by atoms with E-state index in [4.69, 9.17) is 4.42 Å². The van der Waals surface area contributed by atoms with Gasteiger partial charge in [-0.1, -0.05) is 0 Å². The van der Waals surface area contributed by atoms with Gasteiger partial charge in [-0.15, -0.1) is 11.3 Å². The van der Waals surface area contributed by atoms with Crippen LogP contribution >= 0.6 is 11.3 Å². The van der Waals surface area contributed by atoms with E-state index in [1.54, 1.807) is 12.3 Å². The number of thiazole rings is 1. The summed E-state index contributed by atoms with van der Waals surface area (Å²) in [6.07, 6.45) is 2.13. The van der Waals surface area contributed by atoms with E-state index >= 15 is 0 Å². The predicted molar refractivity (Wildman–Crippen MR) is 92.7 cm³/mol. The number of anilines is 1. The number of nitrogens with one attached hydrogen (secondary N) is 1. The smallest absolute Gasteiger partial charge is 0.339 e. The van der Waals surface area contributed by atoms with Crippen molar-refractivity contribution in [2.45, 2.75) is 26.7 Å². The van der Waals surface area contributed by atoms with Crippen molar-refractivity contribution >= 4 is 33.3 Å². The molecular formula is C17H16N2O4S. The van der Waals surface area contributed by atoms with Crippen molar-refractivity contribution in [3.63, 3.8) is 0 Å². The zero-order chi connectivity index (χ0) is 17.3. The van der Waals surface area contributed by atoms with Crippen LogP contribution in [0.5, 0.6) is 5.75 Å². The monoisotopic (exact) mass is 344 g/mol. The highest BCUT2D eigenvalue weighted by Gasteiger charge is 2.14. The fourth-order valence-corrected chi connectivity index (χ4v) is 3.19. The van der Waals surface area contributed by atoms with Crippen molar-refractivity contribution < 1.29 is 14.3 Å². The molecule has 1 amide bonds. The van der Waals surface area contributed by atoms with Crippen molar-refractivity contribution in [2.75, 3.05) is 5.32 Å². The molecule has 0 atom stereocenters. The predicted octanol–water partition coefficient (Wildman–Crippen LogP) is 3.14. The molecule has 2 aromatic heterocycles. The van der Waals surface area contributed by atoms with Gasteiger partial charge in [0.1, 0.15) is 11.3 Å². The first-order valence-electron chi connectivity index (χ1n) is 7.41. The first-order valence-corrected chi connectivity index (χ1v) is 8.23. The van der Waals surface area contributed by atoms with E-state index in [1.807, 2.05) is 13.8 Å². The number of hydrogen-bond acceptors (Lipinski definition) is 6. The number of benzene rings is 1. The molecule has 7 heteroatoms. The molecule has 0 aliphatic heterocycles.